The van der Waals surface area contributed by atoms with Gasteiger partial charge in [-0.25, -0.2) is 0 Å². The van der Waals surface area contributed by atoms with Crippen LogP contribution in [0, 0.1) is 11.3 Å². The number of halogens is 5. The van der Waals surface area contributed by atoms with E-state index in [1.807, 2.05) is 24.3 Å². The molecule has 0 atom stereocenters. The van der Waals surface area contributed by atoms with E-state index in [0.717, 1.165) is 27.7 Å². The molecule has 4 nitrogen and oxygen atoms in total. The van der Waals surface area contributed by atoms with Gasteiger partial charge in [0, 0.05) is 26.6 Å². The van der Waals surface area contributed by atoms with E-state index < -0.39 is 17.6 Å². The highest BCUT2D eigenvalue weighted by Gasteiger charge is 2.30. The van der Waals surface area contributed by atoms with Crippen LogP contribution >= 0.6 is 31.9 Å². The predicted octanol–water partition coefficient (Wildman–Crippen LogP) is 7.38. The number of hydrogen-bond acceptors (Lipinski definition) is 3. The monoisotopic (exact) mass is 592 g/mol. The minimum atomic E-state index is -4.55. The van der Waals surface area contributed by atoms with E-state index in [4.69, 9.17) is 4.74 Å². The number of methoxy groups -OCH3 is 1. The van der Waals surface area contributed by atoms with Gasteiger partial charge in [-0.05, 0) is 53.6 Å². The van der Waals surface area contributed by atoms with Crippen LogP contribution in [0.25, 0.3) is 6.08 Å². The standard InChI is InChI=1S/C25H17Br2F3N2O2/c1-34-23-11-15(10-22(27)20(23)12-16-5-2-3-8-21(16)26)9-17(14-31)24(33)32-19-7-4-6-18(13-19)25(28,29)30/h2-11,13H,12H2,1H3,(H,32,33)/b17-9+. The van der Waals surface area contributed by atoms with Crippen molar-refractivity contribution in [1.82, 2.24) is 0 Å². The highest BCUT2D eigenvalue weighted by molar-refractivity contribution is 9.10. The van der Waals surface area contributed by atoms with Crippen molar-refractivity contribution in [3.8, 4) is 11.8 Å². The van der Waals surface area contributed by atoms with Crippen LogP contribution in [0.1, 0.15) is 22.3 Å². The van der Waals surface area contributed by atoms with Gasteiger partial charge in [0.2, 0.25) is 0 Å². The summed E-state index contributed by atoms with van der Waals surface area (Å²) >= 11 is 7.07. The van der Waals surface area contributed by atoms with Gasteiger partial charge in [-0.2, -0.15) is 18.4 Å². The summed E-state index contributed by atoms with van der Waals surface area (Å²) in [7, 11) is 1.52. The zero-order valence-electron chi connectivity index (χ0n) is 17.7. The summed E-state index contributed by atoms with van der Waals surface area (Å²) in [6.07, 6.45) is -2.64. The van der Waals surface area contributed by atoms with Crippen LogP contribution in [0.3, 0.4) is 0 Å². The molecule has 0 fully saturated rings. The molecular weight excluding hydrogens is 577 g/mol. The molecule has 0 saturated carbocycles. The van der Waals surface area contributed by atoms with Gasteiger partial charge in [0.05, 0.1) is 12.7 Å². The number of nitrogens with one attached hydrogen (secondary N) is 1. The van der Waals surface area contributed by atoms with Crippen molar-refractivity contribution in [2.45, 2.75) is 12.6 Å². The average Bonchev–Trinajstić information content (AvgIpc) is 2.79. The van der Waals surface area contributed by atoms with Gasteiger partial charge in [-0.1, -0.05) is 56.1 Å². The summed E-state index contributed by atoms with van der Waals surface area (Å²) in [6.45, 7) is 0. The molecule has 0 aromatic heterocycles. The Hall–Kier alpha value is -3.09. The van der Waals surface area contributed by atoms with Gasteiger partial charge in [0.1, 0.15) is 17.4 Å². The quantitative estimate of drug-likeness (QED) is 0.240. The summed E-state index contributed by atoms with van der Waals surface area (Å²) in [4.78, 5) is 12.6. The Labute approximate surface area is 211 Å². The number of carbonyl (C=O) groups excluding carboxylic acids is 1. The molecule has 0 heterocycles. The minimum Gasteiger partial charge on any atom is -0.496 e. The molecule has 0 saturated heterocycles. The minimum absolute atomic E-state index is 0.0662. The summed E-state index contributed by atoms with van der Waals surface area (Å²) in [6, 6.07) is 17.2. The lowest BCUT2D eigenvalue weighted by atomic mass is 10.0. The number of ether oxygens (including phenoxy) is 1. The SMILES string of the molecule is COc1cc(/C=C(\C#N)C(=O)Nc2cccc(C(F)(F)F)c2)cc(Br)c1Cc1ccccc1Br. The molecule has 1 N–H and O–H groups in total. The smallest absolute Gasteiger partial charge is 0.416 e. The van der Waals surface area contributed by atoms with Gasteiger partial charge in [0.15, 0.2) is 0 Å². The molecule has 1 amide bonds. The Morgan fingerprint density at radius 1 is 1.09 bits per heavy atom. The molecule has 3 aromatic carbocycles. The fourth-order valence-corrected chi connectivity index (χ4v) is 4.21. The third kappa shape index (κ3) is 6.27. The van der Waals surface area contributed by atoms with Gasteiger partial charge in [-0.15, -0.1) is 0 Å². The normalized spacial score (nSPS) is 11.6. The number of carbonyl (C=O) groups is 1. The maximum atomic E-state index is 12.9. The van der Waals surface area contributed by atoms with Gasteiger partial charge in [-0.3, -0.25) is 4.79 Å². The van der Waals surface area contributed by atoms with Gasteiger partial charge < -0.3 is 10.1 Å². The molecule has 0 aliphatic heterocycles. The first kappa shape index (κ1) is 25.5. The van der Waals surface area contributed by atoms with Crippen LogP contribution in [0.5, 0.6) is 5.75 Å². The number of amides is 1. The molecule has 0 aliphatic carbocycles. The summed E-state index contributed by atoms with van der Waals surface area (Å²) in [5, 5.41) is 11.8. The third-order valence-corrected chi connectivity index (χ3v) is 6.33. The first-order valence-electron chi connectivity index (χ1n) is 9.82. The molecule has 9 heteroatoms. The lowest BCUT2D eigenvalue weighted by Crippen LogP contribution is -2.14. The zero-order chi connectivity index (χ0) is 24.9. The second kappa shape index (κ2) is 10.9. The molecule has 174 valence electrons. The van der Waals surface area contributed by atoms with Crippen molar-refractivity contribution in [3.05, 3.63) is 97.4 Å². The van der Waals surface area contributed by atoms with E-state index in [1.165, 1.54) is 25.3 Å². The topological polar surface area (TPSA) is 62.1 Å². The Balaban J connectivity index is 1.88. The number of benzene rings is 3. The van der Waals surface area contributed by atoms with E-state index in [-0.39, 0.29) is 11.3 Å². The molecule has 0 unspecified atom stereocenters. The second-order valence-electron chi connectivity index (χ2n) is 7.15. The summed E-state index contributed by atoms with van der Waals surface area (Å²) in [5.41, 5.74) is 1.19. The fourth-order valence-electron chi connectivity index (χ4n) is 3.19. The number of nitriles is 1. The van der Waals surface area contributed by atoms with Crippen molar-refractivity contribution in [1.29, 1.82) is 5.26 Å². The van der Waals surface area contributed by atoms with Crippen molar-refractivity contribution >= 4 is 49.5 Å². The number of nitrogens with zero attached hydrogens (tertiary/aromatic N) is 1. The lowest BCUT2D eigenvalue weighted by Gasteiger charge is -2.13. The van der Waals surface area contributed by atoms with Crippen molar-refractivity contribution < 1.29 is 22.7 Å². The molecule has 0 aliphatic rings. The molecule has 0 spiro atoms. The number of hydrogen-bond donors (Lipinski definition) is 1. The fraction of sp³-hybridized carbons (Fsp3) is 0.120. The van der Waals surface area contributed by atoms with E-state index in [1.54, 1.807) is 18.2 Å². The molecule has 0 bridgehead atoms. The van der Waals surface area contributed by atoms with E-state index in [9.17, 15) is 23.2 Å². The second-order valence-corrected chi connectivity index (χ2v) is 8.86. The number of alkyl halides is 3. The first-order valence-corrected chi connectivity index (χ1v) is 11.4. The van der Waals surface area contributed by atoms with E-state index >= 15 is 0 Å². The lowest BCUT2D eigenvalue weighted by molar-refractivity contribution is -0.137. The summed E-state index contributed by atoms with van der Waals surface area (Å²) < 4.78 is 46.0. The van der Waals surface area contributed by atoms with Crippen molar-refractivity contribution in [3.63, 3.8) is 0 Å². The van der Waals surface area contributed by atoms with Gasteiger partial charge >= 0.3 is 6.18 Å². The van der Waals surface area contributed by atoms with Crippen LogP contribution in [0.4, 0.5) is 18.9 Å². The maximum absolute atomic E-state index is 12.9. The van der Waals surface area contributed by atoms with Crippen LogP contribution in [0.15, 0.2) is 75.2 Å². The van der Waals surface area contributed by atoms with Crippen molar-refractivity contribution in [2.24, 2.45) is 0 Å². The Kier molecular flexibility index (Phi) is 8.18. The third-order valence-electron chi connectivity index (χ3n) is 4.85. The highest BCUT2D eigenvalue weighted by atomic mass is 79.9. The maximum Gasteiger partial charge on any atom is 0.416 e. The molecule has 34 heavy (non-hydrogen) atoms. The van der Waals surface area contributed by atoms with E-state index in [0.29, 0.717) is 22.2 Å². The van der Waals surface area contributed by atoms with Crippen molar-refractivity contribution in [2.75, 3.05) is 12.4 Å². The Morgan fingerprint density at radius 2 is 1.82 bits per heavy atom. The molecule has 0 radical (unpaired) electrons. The zero-order valence-corrected chi connectivity index (χ0v) is 20.9. The highest BCUT2D eigenvalue weighted by Crippen LogP contribution is 2.34. The molecular formula is C25H17Br2F3N2O2. The Bertz CT molecular complexity index is 1300. The first-order chi connectivity index (χ1) is 16.1. The predicted molar refractivity (Wildman–Crippen MR) is 131 cm³/mol. The Morgan fingerprint density at radius 3 is 2.47 bits per heavy atom. The number of rotatable bonds is 6. The largest absolute Gasteiger partial charge is 0.496 e. The van der Waals surface area contributed by atoms with Crippen LogP contribution < -0.4 is 10.1 Å². The molecule has 3 aromatic rings. The average molecular weight is 594 g/mol. The molecule has 3 rings (SSSR count). The number of anilines is 1. The van der Waals surface area contributed by atoms with Crippen LogP contribution in [-0.4, -0.2) is 13.0 Å². The summed E-state index contributed by atoms with van der Waals surface area (Å²) in [5.74, 6) is -0.277. The van der Waals surface area contributed by atoms with Crippen LogP contribution in [0.2, 0.25) is 0 Å². The van der Waals surface area contributed by atoms with Gasteiger partial charge in [0.25, 0.3) is 5.91 Å². The van der Waals surface area contributed by atoms with Crippen LogP contribution in [-0.2, 0) is 17.4 Å². The van der Waals surface area contributed by atoms with E-state index in [2.05, 4.69) is 37.2 Å².